The van der Waals surface area contributed by atoms with Crippen molar-refractivity contribution in [2.24, 2.45) is 0 Å². The highest BCUT2D eigenvalue weighted by atomic mass is 32.1. The first-order valence-corrected chi connectivity index (χ1v) is 19.9. The number of aryl methyl sites for hydroxylation is 1. The number of rotatable bonds is 8. The Morgan fingerprint density at radius 1 is 0.357 bits per heavy atom. The minimum Gasteiger partial charge on any atom is -0.310 e. The zero-order valence-corrected chi connectivity index (χ0v) is 31.8. The molecule has 0 aliphatic rings. The number of benzene rings is 9. The van der Waals surface area contributed by atoms with E-state index >= 15 is 0 Å². The Bertz CT molecular complexity index is 2970. The molecule has 0 aliphatic carbocycles. The molecule has 0 N–H and O–H groups in total. The Morgan fingerprint density at radius 2 is 0.929 bits per heavy atom. The maximum Gasteiger partial charge on any atom is 0.0546 e. The number of thiophene rings is 1. The van der Waals surface area contributed by atoms with E-state index in [1.165, 1.54) is 58.8 Å². The van der Waals surface area contributed by atoms with E-state index in [2.05, 4.69) is 229 Å². The molecule has 266 valence electrons. The van der Waals surface area contributed by atoms with E-state index in [1.807, 2.05) is 11.3 Å². The molecule has 0 saturated heterocycles. The van der Waals surface area contributed by atoms with E-state index in [1.54, 1.807) is 0 Å². The van der Waals surface area contributed by atoms with Crippen LogP contribution < -0.4 is 9.80 Å². The van der Waals surface area contributed by atoms with E-state index in [4.69, 9.17) is 0 Å². The molecule has 9 aromatic carbocycles. The average molecular weight is 735 g/mol. The van der Waals surface area contributed by atoms with Crippen LogP contribution in [0.4, 0.5) is 34.1 Å². The molecule has 0 atom stereocenters. The van der Waals surface area contributed by atoms with Gasteiger partial charge in [0.2, 0.25) is 0 Å². The van der Waals surface area contributed by atoms with Gasteiger partial charge in [0.15, 0.2) is 0 Å². The standard InChI is InChI=1S/C53H38N2S/c1-37-15-13-26-50-52(37)48-33-32-46(36-51(48)56-50)55(49-34-29-40-18-11-12-25-47(40)53(49)41-19-7-3-8-20-41)45-24-14-23-44(35-45)54(42-21-9-4-10-22-42)43-30-27-39(28-31-43)38-16-5-2-6-17-38/h2-36H,1H3. The van der Waals surface area contributed by atoms with Gasteiger partial charge in [0.05, 0.1) is 5.69 Å². The van der Waals surface area contributed by atoms with Crippen LogP contribution in [0.5, 0.6) is 0 Å². The van der Waals surface area contributed by atoms with Gasteiger partial charge in [0.25, 0.3) is 0 Å². The van der Waals surface area contributed by atoms with Gasteiger partial charge in [-0.2, -0.15) is 0 Å². The van der Waals surface area contributed by atoms with Crippen molar-refractivity contribution >= 4 is 76.4 Å². The maximum absolute atomic E-state index is 2.45. The molecular weight excluding hydrogens is 697 g/mol. The van der Waals surface area contributed by atoms with Crippen molar-refractivity contribution in [1.82, 2.24) is 0 Å². The Balaban J connectivity index is 1.19. The van der Waals surface area contributed by atoms with E-state index in [9.17, 15) is 0 Å². The van der Waals surface area contributed by atoms with Gasteiger partial charge >= 0.3 is 0 Å². The Kier molecular flexibility index (Phi) is 8.63. The van der Waals surface area contributed by atoms with Crippen molar-refractivity contribution in [3.63, 3.8) is 0 Å². The SMILES string of the molecule is Cc1cccc2sc3cc(N(c4cccc(N(c5ccccc5)c5ccc(-c6ccccc6)cc5)c4)c4ccc5ccccc5c4-c4ccccc4)ccc3c12. The second-order valence-corrected chi connectivity index (χ2v) is 15.3. The molecule has 1 heterocycles. The summed E-state index contributed by atoms with van der Waals surface area (Å²) in [5.74, 6) is 0. The van der Waals surface area contributed by atoms with E-state index in [0.29, 0.717) is 0 Å². The molecule has 0 bridgehead atoms. The van der Waals surface area contributed by atoms with Crippen LogP contribution in [-0.4, -0.2) is 0 Å². The van der Waals surface area contributed by atoms with Gasteiger partial charge in [-0.05, 0) is 107 Å². The predicted molar refractivity (Wildman–Crippen MR) is 242 cm³/mol. The largest absolute Gasteiger partial charge is 0.310 e. The molecule has 3 heteroatoms. The summed E-state index contributed by atoms with van der Waals surface area (Å²) in [7, 11) is 0. The van der Waals surface area contributed by atoms with E-state index in [-0.39, 0.29) is 0 Å². The third-order valence-electron chi connectivity index (χ3n) is 10.8. The third kappa shape index (κ3) is 6.09. The lowest BCUT2D eigenvalue weighted by atomic mass is 9.95. The van der Waals surface area contributed by atoms with Crippen molar-refractivity contribution in [2.45, 2.75) is 6.92 Å². The molecule has 0 fully saturated rings. The first kappa shape index (κ1) is 33.6. The molecule has 1 aromatic heterocycles. The minimum absolute atomic E-state index is 1.08. The summed E-state index contributed by atoms with van der Waals surface area (Å²) >= 11 is 1.87. The highest BCUT2D eigenvalue weighted by Crippen LogP contribution is 2.47. The molecular formula is C53H38N2S. The summed E-state index contributed by atoms with van der Waals surface area (Å²) in [5.41, 5.74) is 12.7. The van der Waals surface area contributed by atoms with E-state index < -0.39 is 0 Å². The summed E-state index contributed by atoms with van der Waals surface area (Å²) in [5, 5.41) is 5.09. The Hall–Kier alpha value is -6.94. The van der Waals surface area contributed by atoms with Gasteiger partial charge in [0.1, 0.15) is 0 Å². The number of fused-ring (bicyclic) bond motifs is 4. The normalized spacial score (nSPS) is 11.3. The lowest BCUT2D eigenvalue weighted by Crippen LogP contribution is -2.14. The zero-order chi connectivity index (χ0) is 37.4. The minimum atomic E-state index is 1.08. The first-order valence-electron chi connectivity index (χ1n) is 19.1. The monoisotopic (exact) mass is 734 g/mol. The highest BCUT2D eigenvalue weighted by Gasteiger charge is 2.22. The maximum atomic E-state index is 2.45. The molecule has 10 rings (SSSR count). The summed E-state index contributed by atoms with van der Waals surface area (Å²) < 4.78 is 2.59. The van der Waals surface area contributed by atoms with Crippen molar-refractivity contribution in [2.75, 3.05) is 9.80 Å². The molecule has 0 spiro atoms. The van der Waals surface area contributed by atoms with E-state index in [0.717, 1.165) is 34.1 Å². The van der Waals surface area contributed by atoms with Gasteiger partial charge in [-0.25, -0.2) is 0 Å². The third-order valence-corrected chi connectivity index (χ3v) is 11.9. The highest BCUT2D eigenvalue weighted by molar-refractivity contribution is 7.25. The summed E-state index contributed by atoms with van der Waals surface area (Å²) in [4.78, 5) is 4.81. The number of nitrogens with zero attached hydrogens (tertiary/aromatic N) is 2. The van der Waals surface area contributed by atoms with Crippen molar-refractivity contribution < 1.29 is 0 Å². The van der Waals surface area contributed by atoms with Gasteiger partial charge in [0, 0.05) is 54.2 Å². The summed E-state index contributed by atoms with van der Waals surface area (Å²) in [6.45, 7) is 2.22. The summed E-state index contributed by atoms with van der Waals surface area (Å²) in [6, 6.07) is 76.9. The van der Waals surface area contributed by atoms with Crippen LogP contribution >= 0.6 is 11.3 Å². The molecule has 0 unspecified atom stereocenters. The zero-order valence-electron chi connectivity index (χ0n) is 31.0. The lowest BCUT2D eigenvalue weighted by molar-refractivity contribution is 1.25. The van der Waals surface area contributed by atoms with Crippen LogP contribution in [0.25, 0.3) is 53.2 Å². The van der Waals surface area contributed by atoms with Crippen LogP contribution in [0.3, 0.4) is 0 Å². The van der Waals surface area contributed by atoms with Crippen molar-refractivity contribution in [1.29, 1.82) is 0 Å². The smallest absolute Gasteiger partial charge is 0.0546 e. The molecule has 0 radical (unpaired) electrons. The topological polar surface area (TPSA) is 6.48 Å². The fourth-order valence-electron chi connectivity index (χ4n) is 8.14. The lowest BCUT2D eigenvalue weighted by Gasteiger charge is -2.31. The number of hydrogen-bond donors (Lipinski definition) is 0. The predicted octanol–water partition coefficient (Wildman–Crippen LogP) is 15.8. The van der Waals surface area contributed by atoms with Crippen LogP contribution in [0.15, 0.2) is 212 Å². The fourth-order valence-corrected chi connectivity index (χ4v) is 9.36. The molecule has 0 amide bonds. The first-order chi connectivity index (χ1) is 27.7. The average Bonchev–Trinajstić information content (AvgIpc) is 3.64. The van der Waals surface area contributed by atoms with Crippen LogP contribution in [0, 0.1) is 6.92 Å². The molecule has 2 nitrogen and oxygen atoms in total. The molecule has 10 aromatic rings. The van der Waals surface area contributed by atoms with Crippen molar-refractivity contribution in [3.05, 3.63) is 218 Å². The molecule has 0 aliphatic heterocycles. The second kappa shape index (κ2) is 14.4. The Morgan fingerprint density at radius 3 is 1.70 bits per heavy atom. The number of anilines is 6. The van der Waals surface area contributed by atoms with Crippen LogP contribution in [0.1, 0.15) is 5.56 Å². The number of para-hydroxylation sites is 1. The van der Waals surface area contributed by atoms with Crippen molar-refractivity contribution in [3.8, 4) is 22.3 Å². The molecule has 56 heavy (non-hydrogen) atoms. The second-order valence-electron chi connectivity index (χ2n) is 14.2. The van der Waals surface area contributed by atoms with Crippen LogP contribution in [0.2, 0.25) is 0 Å². The van der Waals surface area contributed by atoms with Gasteiger partial charge in [-0.1, -0.05) is 146 Å². The van der Waals surface area contributed by atoms with Gasteiger partial charge in [-0.3, -0.25) is 0 Å². The van der Waals surface area contributed by atoms with Gasteiger partial charge in [-0.15, -0.1) is 11.3 Å². The van der Waals surface area contributed by atoms with Gasteiger partial charge < -0.3 is 9.80 Å². The quantitative estimate of drug-likeness (QED) is 0.153. The fraction of sp³-hybridized carbons (Fsp3) is 0.0189. The van der Waals surface area contributed by atoms with Crippen LogP contribution in [-0.2, 0) is 0 Å². The summed E-state index contributed by atoms with van der Waals surface area (Å²) in [6.07, 6.45) is 0. The molecule has 0 saturated carbocycles. The number of hydrogen-bond acceptors (Lipinski definition) is 3. The Labute approximate surface area is 331 Å².